The van der Waals surface area contributed by atoms with Gasteiger partial charge in [0.15, 0.2) is 17.2 Å². The number of carbonyl (C=O) groups is 2. The van der Waals surface area contributed by atoms with Crippen molar-refractivity contribution in [2.24, 2.45) is 10.2 Å². The van der Waals surface area contributed by atoms with Crippen molar-refractivity contribution < 1.29 is 24.2 Å². The summed E-state index contributed by atoms with van der Waals surface area (Å²) in [6, 6.07) is 19.1. The van der Waals surface area contributed by atoms with Crippen LogP contribution in [-0.2, 0) is 11.3 Å². The molecule has 2 N–H and O–H groups in total. The summed E-state index contributed by atoms with van der Waals surface area (Å²) in [5.74, 6) is -0.408. The van der Waals surface area contributed by atoms with Crippen molar-refractivity contribution in [3.8, 4) is 17.4 Å². The molecule has 0 saturated heterocycles. The molecule has 1 heterocycles. The zero-order chi connectivity index (χ0) is 28.6. The quantitative estimate of drug-likeness (QED) is 0.149. The Balaban J connectivity index is 1.74. The van der Waals surface area contributed by atoms with E-state index in [0.29, 0.717) is 34.6 Å². The number of azo groups is 1. The number of benzene rings is 3. The summed E-state index contributed by atoms with van der Waals surface area (Å²) >= 11 is 3.46. The standard InChI is InChI=1S/C30H29BrN4O5/c1-4-5-15-35-24-13-12-21(31)18-22(24)27(30(35)38)33-34-29(37)23(32-28(36)20-9-7-6-8-10-20)16-19-11-14-25(39-2)26(17-19)40-3/h6-14,16-18,38H,4-5,15H2,1-3H3,(H,32,36). The van der Waals surface area contributed by atoms with E-state index >= 15 is 0 Å². The topological polar surface area (TPSA) is 115 Å². The molecule has 9 nitrogen and oxygen atoms in total. The lowest BCUT2D eigenvalue weighted by molar-refractivity contribution is -0.115. The van der Waals surface area contributed by atoms with Gasteiger partial charge in [-0.2, -0.15) is 0 Å². The SMILES string of the molecule is CCCCn1c(O)c(N=NC(=O)C(=Cc2ccc(OC)c(OC)c2)NC(=O)c2ccccc2)c2cc(Br)ccc21. The van der Waals surface area contributed by atoms with Gasteiger partial charge in [-0.3, -0.25) is 9.59 Å². The van der Waals surface area contributed by atoms with Gasteiger partial charge < -0.3 is 24.5 Å². The first-order valence-corrected chi connectivity index (χ1v) is 13.4. The van der Waals surface area contributed by atoms with E-state index in [1.807, 2.05) is 18.2 Å². The van der Waals surface area contributed by atoms with Gasteiger partial charge in [-0.15, -0.1) is 10.2 Å². The third kappa shape index (κ3) is 6.40. The molecule has 4 rings (SSSR count). The van der Waals surface area contributed by atoms with E-state index < -0.39 is 11.8 Å². The second kappa shape index (κ2) is 13.1. The van der Waals surface area contributed by atoms with E-state index in [4.69, 9.17) is 9.47 Å². The van der Waals surface area contributed by atoms with Crippen LogP contribution in [0, 0.1) is 0 Å². The summed E-state index contributed by atoms with van der Waals surface area (Å²) in [6.45, 7) is 2.65. The van der Waals surface area contributed by atoms with E-state index in [9.17, 15) is 14.7 Å². The predicted octanol–water partition coefficient (Wildman–Crippen LogP) is 7.01. The molecule has 40 heavy (non-hydrogen) atoms. The number of methoxy groups -OCH3 is 2. The fourth-order valence-electron chi connectivity index (χ4n) is 4.13. The third-order valence-corrected chi connectivity index (χ3v) is 6.67. The molecule has 0 bridgehead atoms. The van der Waals surface area contributed by atoms with Gasteiger partial charge in [0.25, 0.3) is 5.91 Å². The summed E-state index contributed by atoms with van der Waals surface area (Å²) in [4.78, 5) is 26.3. The average Bonchev–Trinajstić information content (AvgIpc) is 3.23. The van der Waals surface area contributed by atoms with Gasteiger partial charge in [-0.25, -0.2) is 0 Å². The van der Waals surface area contributed by atoms with Crippen LogP contribution in [0.2, 0.25) is 0 Å². The molecule has 0 radical (unpaired) electrons. The normalized spacial score (nSPS) is 11.7. The van der Waals surface area contributed by atoms with E-state index in [-0.39, 0.29) is 17.3 Å². The molecule has 206 valence electrons. The minimum atomic E-state index is -0.803. The molecule has 0 saturated carbocycles. The molecule has 4 aromatic rings. The molecule has 0 aliphatic rings. The molecule has 1 aromatic heterocycles. The number of amides is 2. The Morgan fingerprint density at radius 3 is 2.48 bits per heavy atom. The van der Waals surface area contributed by atoms with E-state index in [0.717, 1.165) is 22.8 Å². The average molecular weight is 605 g/mol. The van der Waals surface area contributed by atoms with Crippen molar-refractivity contribution >= 4 is 50.4 Å². The number of nitrogens with one attached hydrogen (secondary N) is 1. The minimum Gasteiger partial charge on any atom is -0.493 e. The molecule has 0 unspecified atom stereocenters. The zero-order valence-corrected chi connectivity index (χ0v) is 23.9. The van der Waals surface area contributed by atoms with Crippen LogP contribution in [0.3, 0.4) is 0 Å². The Morgan fingerprint density at radius 1 is 1.02 bits per heavy atom. The minimum absolute atomic E-state index is 0.0863. The maximum atomic E-state index is 13.4. The Morgan fingerprint density at radius 2 is 1.77 bits per heavy atom. The lowest BCUT2D eigenvalue weighted by Crippen LogP contribution is -2.26. The van der Waals surface area contributed by atoms with Crippen molar-refractivity contribution in [2.75, 3.05) is 14.2 Å². The summed E-state index contributed by atoms with van der Waals surface area (Å²) in [5, 5.41) is 22.3. The number of fused-ring (bicyclic) bond motifs is 1. The molecule has 0 fully saturated rings. The zero-order valence-electron chi connectivity index (χ0n) is 22.3. The van der Waals surface area contributed by atoms with Crippen LogP contribution in [0.5, 0.6) is 17.4 Å². The second-order valence-corrected chi connectivity index (χ2v) is 9.75. The lowest BCUT2D eigenvalue weighted by Gasteiger charge is -2.10. The van der Waals surface area contributed by atoms with Crippen molar-refractivity contribution in [3.63, 3.8) is 0 Å². The fourth-order valence-corrected chi connectivity index (χ4v) is 4.49. The van der Waals surface area contributed by atoms with Gasteiger partial charge in [-0.05, 0) is 60.5 Å². The van der Waals surface area contributed by atoms with Crippen molar-refractivity contribution in [1.82, 2.24) is 9.88 Å². The highest BCUT2D eigenvalue weighted by Crippen LogP contribution is 2.40. The number of carbonyl (C=O) groups excluding carboxylic acids is 2. The smallest absolute Gasteiger partial charge is 0.311 e. The number of ether oxygens (including phenoxy) is 2. The lowest BCUT2D eigenvalue weighted by atomic mass is 10.1. The van der Waals surface area contributed by atoms with Crippen molar-refractivity contribution in [1.29, 1.82) is 0 Å². The number of hydrogen-bond donors (Lipinski definition) is 2. The number of unbranched alkanes of at least 4 members (excludes halogenated alkanes) is 1. The van der Waals surface area contributed by atoms with Crippen LogP contribution in [0.15, 0.2) is 87.1 Å². The van der Waals surface area contributed by atoms with Crippen LogP contribution in [-0.4, -0.2) is 35.7 Å². The van der Waals surface area contributed by atoms with Gasteiger partial charge in [0.05, 0.1) is 19.7 Å². The predicted molar refractivity (Wildman–Crippen MR) is 157 cm³/mol. The second-order valence-electron chi connectivity index (χ2n) is 8.84. The Bertz CT molecular complexity index is 1590. The molecule has 0 atom stereocenters. The molecule has 2 amide bonds. The van der Waals surface area contributed by atoms with Gasteiger partial charge in [-0.1, -0.05) is 53.5 Å². The van der Waals surface area contributed by atoms with E-state index in [2.05, 4.69) is 38.4 Å². The molecule has 0 spiro atoms. The van der Waals surface area contributed by atoms with Crippen molar-refractivity contribution in [2.45, 2.75) is 26.3 Å². The van der Waals surface area contributed by atoms with Gasteiger partial charge in [0.1, 0.15) is 5.70 Å². The summed E-state index contributed by atoms with van der Waals surface area (Å²) in [7, 11) is 3.03. The van der Waals surface area contributed by atoms with Gasteiger partial charge in [0.2, 0.25) is 5.88 Å². The maximum absolute atomic E-state index is 13.4. The third-order valence-electron chi connectivity index (χ3n) is 6.18. The molecule has 0 aliphatic heterocycles. The van der Waals surface area contributed by atoms with Crippen LogP contribution >= 0.6 is 15.9 Å². The van der Waals surface area contributed by atoms with Crippen LogP contribution in [0.1, 0.15) is 35.7 Å². The number of aryl methyl sites for hydroxylation is 1. The number of nitrogens with zero attached hydrogens (tertiary/aromatic N) is 3. The summed E-state index contributed by atoms with van der Waals surface area (Å²) in [6.07, 6.45) is 3.27. The molecular formula is C30H29BrN4O5. The monoisotopic (exact) mass is 604 g/mol. The first-order valence-electron chi connectivity index (χ1n) is 12.6. The maximum Gasteiger partial charge on any atom is 0.311 e. The fraction of sp³-hybridized carbons (Fsp3) is 0.200. The Hall–Kier alpha value is -4.44. The number of hydrogen-bond acceptors (Lipinski definition) is 6. The van der Waals surface area contributed by atoms with Crippen molar-refractivity contribution in [3.05, 3.63) is 88.0 Å². The van der Waals surface area contributed by atoms with Gasteiger partial charge in [0, 0.05) is 22.0 Å². The Labute approximate surface area is 240 Å². The highest BCUT2D eigenvalue weighted by molar-refractivity contribution is 9.10. The molecular weight excluding hydrogens is 576 g/mol. The Kier molecular flexibility index (Phi) is 9.34. The number of rotatable bonds is 10. The highest BCUT2D eigenvalue weighted by atomic mass is 79.9. The van der Waals surface area contributed by atoms with Crippen LogP contribution in [0.4, 0.5) is 5.69 Å². The largest absolute Gasteiger partial charge is 0.493 e. The van der Waals surface area contributed by atoms with Crippen LogP contribution < -0.4 is 14.8 Å². The van der Waals surface area contributed by atoms with Gasteiger partial charge >= 0.3 is 5.91 Å². The molecule has 3 aromatic carbocycles. The van der Waals surface area contributed by atoms with Crippen LogP contribution in [0.25, 0.3) is 17.0 Å². The van der Waals surface area contributed by atoms with E-state index in [1.165, 1.54) is 20.3 Å². The number of aromatic nitrogens is 1. The highest BCUT2D eigenvalue weighted by Gasteiger charge is 2.19. The number of aromatic hydroxyl groups is 1. The molecule has 0 aliphatic carbocycles. The summed E-state index contributed by atoms with van der Waals surface area (Å²) < 4.78 is 13.2. The first-order chi connectivity index (χ1) is 19.4. The van der Waals surface area contributed by atoms with E-state index in [1.54, 1.807) is 53.1 Å². The molecule has 10 heteroatoms. The number of halogens is 1. The summed E-state index contributed by atoms with van der Waals surface area (Å²) in [5.41, 5.74) is 1.76. The first kappa shape index (κ1) is 28.6.